The highest BCUT2D eigenvalue weighted by Gasteiger charge is 2.53. The second-order valence-corrected chi connectivity index (χ2v) is 3.79. The van der Waals surface area contributed by atoms with Crippen molar-refractivity contribution in [3.8, 4) is 0 Å². The van der Waals surface area contributed by atoms with Crippen molar-refractivity contribution in [2.75, 3.05) is 0 Å². The molecule has 2 aliphatic rings. The van der Waals surface area contributed by atoms with E-state index in [1.54, 1.807) is 6.08 Å². The van der Waals surface area contributed by atoms with Gasteiger partial charge in [0, 0.05) is 0 Å². The fourth-order valence-electron chi connectivity index (χ4n) is 1.80. The van der Waals surface area contributed by atoms with Crippen LogP contribution in [0.25, 0.3) is 0 Å². The topological polar surface area (TPSA) is 47.9 Å². The van der Waals surface area contributed by atoms with Gasteiger partial charge in [0.25, 0.3) is 0 Å². The minimum atomic E-state index is -0.908. The van der Waals surface area contributed by atoms with Gasteiger partial charge < -0.3 is 19.3 Å². The van der Waals surface area contributed by atoms with Crippen LogP contribution in [0.15, 0.2) is 12.7 Å². The highest BCUT2D eigenvalue weighted by atomic mass is 16.8. The normalized spacial score (nSPS) is 47.6. The number of hydrogen-bond acceptors (Lipinski definition) is 4. The molecule has 13 heavy (non-hydrogen) atoms. The maximum atomic E-state index is 9.46. The smallest absolute Gasteiger partial charge is 0.184 e. The molecule has 2 heterocycles. The Morgan fingerprint density at radius 2 is 1.92 bits per heavy atom. The van der Waals surface area contributed by atoms with Crippen molar-refractivity contribution < 1.29 is 19.3 Å². The third kappa shape index (κ3) is 1.40. The van der Waals surface area contributed by atoms with Crippen LogP contribution in [0.3, 0.4) is 0 Å². The number of aliphatic hydroxyl groups excluding tert-OH is 1. The summed E-state index contributed by atoms with van der Waals surface area (Å²) in [6.45, 7) is 7.25. The van der Waals surface area contributed by atoms with Crippen LogP contribution in [-0.4, -0.2) is 35.5 Å². The first-order valence-corrected chi connectivity index (χ1v) is 4.35. The minimum absolute atomic E-state index is 0.234. The summed E-state index contributed by atoms with van der Waals surface area (Å²) in [5.41, 5.74) is 0. The van der Waals surface area contributed by atoms with Crippen LogP contribution in [0, 0.1) is 0 Å². The number of aliphatic hydroxyl groups is 1. The first kappa shape index (κ1) is 9.15. The van der Waals surface area contributed by atoms with E-state index in [-0.39, 0.29) is 12.2 Å². The lowest BCUT2D eigenvalue weighted by Gasteiger charge is -2.21. The Labute approximate surface area is 77.1 Å². The largest absolute Gasteiger partial charge is 0.366 e. The molecule has 4 atom stereocenters. The summed E-state index contributed by atoms with van der Waals surface area (Å²) in [7, 11) is 0. The number of rotatable bonds is 1. The molecule has 2 aliphatic heterocycles. The van der Waals surface area contributed by atoms with E-state index in [1.165, 1.54) is 0 Å². The molecular formula is C9H14O4. The summed E-state index contributed by atoms with van der Waals surface area (Å²) >= 11 is 0. The summed E-state index contributed by atoms with van der Waals surface area (Å²) in [4.78, 5) is 0. The molecule has 0 aromatic heterocycles. The second-order valence-electron chi connectivity index (χ2n) is 3.79. The molecule has 0 saturated carbocycles. The zero-order chi connectivity index (χ0) is 9.64. The monoisotopic (exact) mass is 186 g/mol. The van der Waals surface area contributed by atoms with Crippen molar-refractivity contribution in [2.24, 2.45) is 0 Å². The summed E-state index contributed by atoms with van der Waals surface area (Å²) in [6, 6.07) is 0. The standard InChI is InChI=1S/C9H14O4/c1-4-5-6-7(8(10)11-5)13-9(2,3)12-6/h4-8,10H,1H2,2-3H3/t5-,6-,7-,8?/m1/s1. The molecule has 2 saturated heterocycles. The van der Waals surface area contributed by atoms with Gasteiger partial charge in [-0.1, -0.05) is 6.08 Å². The summed E-state index contributed by atoms with van der Waals surface area (Å²) in [6.07, 6.45) is -0.185. The van der Waals surface area contributed by atoms with Gasteiger partial charge in [0.1, 0.15) is 18.3 Å². The Morgan fingerprint density at radius 3 is 2.54 bits per heavy atom. The molecule has 0 aromatic carbocycles. The maximum absolute atomic E-state index is 9.46. The van der Waals surface area contributed by atoms with Gasteiger partial charge in [0.2, 0.25) is 0 Å². The molecule has 1 N–H and O–H groups in total. The van der Waals surface area contributed by atoms with Crippen LogP contribution in [0.5, 0.6) is 0 Å². The SMILES string of the molecule is C=C[C@H]1OC(O)[C@@H]2OC(C)(C)O[C@H]12. The molecule has 0 amide bonds. The first-order valence-electron chi connectivity index (χ1n) is 4.35. The van der Waals surface area contributed by atoms with Crippen LogP contribution < -0.4 is 0 Å². The van der Waals surface area contributed by atoms with Crippen molar-refractivity contribution in [3.05, 3.63) is 12.7 Å². The average Bonchev–Trinajstić information content (AvgIpc) is 2.47. The Balaban J connectivity index is 2.17. The zero-order valence-corrected chi connectivity index (χ0v) is 7.77. The van der Waals surface area contributed by atoms with E-state index in [2.05, 4.69) is 6.58 Å². The van der Waals surface area contributed by atoms with E-state index in [9.17, 15) is 5.11 Å². The van der Waals surface area contributed by atoms with E-state index in [1.807, 2.05) is 13.8 Å². The lowest BCUT2D eigenvalue weighted by Crippen LogP contribution is -2.29. The third-order valence-corrected chi connectivity index (χ3v) is 2.30. The van der Waals surface area contributed by atoms with Gasteiger partial charge in [-0.25, -0.2) is 0 Å². The van der Waals surface area contributed by atoms with Crippen LogP contribution in [0.4, 0.5) is 0 Å². The second kappa shape index (κ2) is 2.78. The molecule has 1 unspecified atom stereocenters. The molecule has 4 nitrogen and oxygen atoms in total. The number of ether oxygens (including phenoxy) is 3. The lowest BCUT2D eigenvalue weighted by molar-refractivity contribution is -0.214. The van der Waals surface area contributed by atoms with E-state index in [4.69, 9.17) is 14.2 Å². The third-order valence-electron chi connectivity index (χ3n) is 2.30. The molecule has 4 heteroatoms. The van der Waals surface area contributed by atoms with E-state index < -0.39 is 18.2 Å². The molecule has 0 aromatic rings. The fourth-order valence-corrected chi connectivity index (χ4v) is 1.80. The summed E-state index contributed by atoms with van der Waals surface area (Å²) in [5, 5.41) is 9.46. The van der Waals surface area contributed by atoms with Crippen molar-refractivity contribution in [1.82, 2.24) is 0 Å². The molecule has 2 fully saturated rings. The summed E-state index contributed by atoms with van der Waals surface area (Å²) < 4.78 is 16.2. The fraction of sp³-hybridized carbons (Fsp3) is 0.778. The predicted molar refractivity (Wildman–Crippen MR) is 44.9 cm³/mol. The van der Waals surface area contributed by atoms with Crippen LogP contribution in [0.1, 0.15) is 13.8 Å². The van der Waals surface area contributed by atoms with E-state index >= 15 is 0 Å². The van der Waals surface area contributed by atoms with Gasteiger partial charge in [0.05, 0.1) is 0 Å². The van der Waals surface area contributed by atoms with Gasteiger partial charge >= 0.3 is 0 Å². The molecule has 2 rings (SSSR count). The van der Waals surface area contributed by atoms with Crippen LogP contribution >= 0.6 is 0 Å². The molecule has 0 bridgehead atoms. The quantitative estimate of drug-likeness (QED) is 0.602. The predicted octanol–water partition coefficient (Wildman–Crippen LogP) is 0.410. The Bertz CT molecular complexity index is 226. The Hall–Kier alpha value is -0.420. The molecule has 74 valence electrons. The van der Waals surface area contributed by atoms with Gasteiger partial charge in [-0.2, -0.15) is 0 Å². The van der Waals surface area contributed by atoms with Gasteiger partial charge in [-0.15, -0.1) is 6.58 Å². The first-order chi connectivity index (χ1) is 6.03. The molecule has 0 spiro atoms. The highest BCUT2D eigenvalue weighted by molar-refractivity contribution is 5.01. The van der Waals surface area contributed by atoms with Gasteiger partial charge in [0.15, 0.2) is 12.1 Å². The van der Waals surface area contributed by atoms with Crippen molar-refractivity contribution in [3.63, 3.8) is 0 Å². The lowest BCUT2D eigenvalue weighted by atomic mass is 10.1. The maximum Gasteiger partial charge on any atom is 0.184 e. The van der Waals surface area contributed by atoms with Crippen molar-refractivity contribution in [2.45, 2.75) is 44.2 Å². The molecule has 0 aliphatic carbocycles. The Morgan fingerprint density at radius 1 is 1.31 bits per heavy atom. The van der Waals surface area contributed by atoms with Crippen molar-refractivity contribution >= 4 is 0 Å². The van der Waals surface area contributed by atoms with E-state index in [0.717, 1.165) is 0 Å². The van der Waals surface area contributed by atoms with Crippen LogP contribution in [-0.2, 0) is 14.2 Å². The van der Waals surface area contributed by atoms with Crippen molar-refractivity contribution in [1.29, 1.82) is 0 Å². The number of hydrogen-bond donors (Lipinski definition) is 1. The molecule has 0 radical (unpaired) electrons. The Kier molecular flexibility index (Phi) is 1.96. The summed E-state index contributed by atoms with van der Waals surface area (Å²) in [5.74, 6) is -0.638. The average molecular weight is 186 g/mol. The highest BCUT2D eigenvalue weighted by Crippen LogP contribution is 2.37. The van der Waals surface area contributed by atoms with Crippen LogP contribution in [0.2, 0.25) is 0 Å². The number of fused-ring (bicyclic) bond motifs is 1. The minimum Gasteiger partial charge on any atom is -0.366 e. The zero-order valence-electron chi connectivity index (χ0n) is 7.77. The van der Waals surface area contributed by atoms with Gasteiger partial charge in [-0.05, 0) is 13.8 Å². The van der Waals surface area contributed by atoms with E-state index in [0.29, 0.717) is 0 Å². The van der Waals surface area contributed by atoms with Gasteiger partial charge in [-0.3, -0.25) is 0 Å². The molecular weight excluding hydrogens is 172 g/mol.